The lowest BCUT2D eigenvalue weighted by Gasteiger charge is -2.16. The van der Waals surface area contributed by atoms with Crippen LogP contribution < -0.4 is 0 Å². The highest BCUT2D eigenvalue weighted by Crippen LogP contribution is 2.33. The van der Waals surface area contributed by atoms with Gasteiger partial charge in [0.25, 0.3) is 0 Å². The molecule has 0 heterocycles. The van der Waals surface area contributed by atoms with Gasteiger partial charge in [0.05, 0.1) is 0 Å². The van der Waals surface area contributed by atoms with Crippen LogP contribution in [-0.4, -0.2) is 0 Å². The molecule has 64 heavy (non-hydrogen) atoms. The molecule has 0 saturated carbocycles. The van der Waals surface area contributed by atoms with Gasteiger partial charge in [-0.15, -0.1) is 0 Å². The van der Waals surface area contributed by atoms with Gasteiger partial charge in [0.1, 0.15) is 0 Å². The van der Waals surface area contributed by atoms with E-state index in [1.807, 2.05) is 0 Å². The Labute approximate surface area is 389 Å². The Morgan fingerprint density at radius 1 is 0.219 bits per heavy atom. The summed E-state index contributed by atoms with van der Waals surface area (Å²) in [6.45, 7) is 36.1. The zero-order chi connectivity index (χ0) is 46.8. The average molecular weight is 849 g/mol. The van der Waals surface area contributed by atoms with Gasteiger partial charge in [0.2, 0.25) is 0 Å². The van der Waals surface area contributed by atoms with E-state index >= 15 is 0 Å². The first-order valence-electron chi connectivity index (χ1n) is 24.5. The van der Waals surface area contributed by atoms with Gasteiger partial charge < -0.3 is 0 Å². The molecule has 0 unspecified atom stereocenters. The van der Waals surface area contributed by atoms with Crippen LogP contribution in [0.4, 0.5) is 0 Å². The van der Waals surface area contributed by atoms with E-state index in [9.17, 15) is 0 Å². The smallest absolute Gasteiger partial charge is 0.0115 e. The summed E-state index contributed by atoms with van der Waals surface area (Å²) < 4.78 is 0. The van der Waals surface area contributed by atoms with Crippen molar-refractivity contribution in [3.05, 3.63) is 190 Å². The van der Waals surface area contributed by atoms with Crippen molar-refractivity contribution in [1.82, 2.24) is 0 Å². The molecule has 336 valence electrons. The Balaban J connectivity index is 0.000000161. The monoisotopic (exact) mass is 849 g/mol. The van der Waals surface area contributed by atoms with Crippen molar-refractivity contribution in [2.75, 3.05) is 0 Å². The molecule has 0 fully saturated rings. The maximum Gasteiger partial charge on any atom is -0.0115 e. The number of rotatable bonds is 8. The standard InChI is InChI=1S/4C16H20/c1-11(2)13-5-7-16-10-14(12(3)4)6-8-15(16)9-13;1-11(2)14-7-5-13-6-8-15(12(3)4)10-16(13)9-14;1-11(2)13-7-5-10-16-14(12(3)4)8-6-9-15(13)16;1-11(2)14-9-5-7-13-8-6-10-15(12(3)4)16(13)14/h4*5-12H,1-4H3. The quantitative estimate of drug-likeness (QED) is 0.143. The van der Waals surface area contributed by atoms with Crippen molar-refractivity contribution < 1.29 is 0 Å². The predicted octanol–water partition coefficient (Wildman–Crippen LogP) is 20.3. The molecule has 0 aliphatic rings. The molecule has 0 spiro atoms. The highest BCUT2D eigenvalue weighted by atomic mass is 14.2. The second-order valence-corrected chi connectivity index (χ2v) is 20.6. The average Bonchev–Trinajstić information content (AvgIpc) is 3.27. The fourth-order valence-electron chi connectivity index (χ4n) is 8.73. The highest BCUT2D eigenvalue weighted by Gasteiger charge is 2.12. The third kappa shape index (κ3) is 12.5. The molecular formula is C64H80. The summed E-state index contributed by atoms with van der Waals surface area (Å²) in [4.78, 5) is 0. The van der Waals surface area contributed by atoms with Crippen LogP contribution in [0.3, 0.4) is 0 Å². The van der Waals surface area contributed by atoms with Crippen molar-refractivity contribution in [2.24, 2.45) is 0 Å². The van der Waals surface area contributed by atoms with Crippen molar-refractivity contribution in [3.8, 4) is 0 Å². The summed E-state index contributed by atoms with van der Waals surface area (Å²) in [6, 6.07) is 53.8. The van der Waals surface area contributed by atoms with Gasteiger partial charge in [0.15, 0.2) is 0 Å². The molecule has 0 heteroatoms. The van der Waals surface area contributed by atoms with Gasteiger partial charge in [-0.1, -0.05) is 256 Å². The van der Waals surface area contributed by atoms with Crippen LogP contribution in [0.2, 0.25) is 0 Å². The molecule has 0 amide bonds. The lowest BCUT2D eigenvalue weighted by atomic mass is 9.89. The van der Waals surface area contributed by atoms with Crippen LogP contribution in [0.5, 0.6) is 0 Å². The van der Waals surface area contributed by atoms with Gasteiger partial charge in [-0.25, -0.2) is 0 Å². The van der Waals surface area contributed by atoms with E-state index in [1.54, 1.807) is 0 Å². The van der Waals surface area contributed by atoms with Crippen molar-refractivity contribution >= 4 is 43.1 Å². The molecule has 0 aliphatic heterocycles. The Morgan fingerprint density at radius 3 is 0.812 bits per heavy atom. The SMILES string of the molecule is CC(C)c1ccc2cc(C(C)C)ccc2c1.CC(C)c1ccc2ccc(C(C)C)cc2c1.CC(C)c1cccc2c(C(C)C)cccc12.CC(C)c1cccc2cccc(C(C)C)c12. The van der Waals surface area contributed by atoms with E-state index in [-0.39, 0.29) is 0 Å². The van der Waals surface area contributed by atoms with E-state index in [4.69, 9.17) is 0 Å². The van der Waals surface area contributed by atoms with E-state index in [0.29, 0.717) is 47.3 Å². The summed E-state index contributed by atoms with van der Waals surface area (Å²) >= 11 is 0. The first-order valence-corrected chi connectivity index (χ1v) is 24.5. The van der Waals surface area contributed by atoms with Crippen molar-refractivity contribution in [3.63, 3.8) is 0 Å². The summed E-state index contributed by atoms with van der Waals surface area (Å²) in [5.74, 6) is 4.77. The van der Waals surface area contributed by atoms with Gasteiger partial charge in [-0.3, -0.25) is 0 Å². The molecule has 0 atom stereocenters. The zero-order valence-electron chi connectivity index (χ0n) is 42.5. The maximum atomic E-state index is 2.33. The van der Waals surface area contributed by atoms with E-state index in [2.05, 4.69) is 256 Å². The lowest BCUT2D eigenvalue weighted by molar-refractivity contribution is 0.854. The largest absolute Gasteiger partial charge is 0.0613 e. The minimum absolute atomic E-state index is 0.587. The first kappa shape index (κ1) is 49.8. The van der Waals surface area contributed by atoms with E-state index in [1.165, 1.54) is 87.6 Å². The van der Waals surface area contributed by atoms with Crippen LogP contribution in [0, 0.1) is 0 Å². The number of hydrogen-bond acceptors (Lipinski definition) is 0. The maximum absolute atomic E-state index is 2.33. The zero-order valence-corrected chi connectivity index (χ0v) is 42.5. The lowest BCUT2D eigenvalue weighted by Crippen LogP contribution is -1.95. The van der Waals surface area contributed by atoms with Crippen molar-refractivity contribution in [1.29, 1.82) is 0 Å². The number of benzene rings is 8. The molecular weight excluding hydrogens is 769 g/mol. The molecule has 0 saturated heterocycles. The van der Waals surface area contributed by atoms with Gasteiger partial charge in [0, 0.05) is 0 Å². The van der Waals surface area contributed by atoms with Crippen LogP contribution in [0.25, 0.3) is 43.1 Å². The van der Waals surface area contributed by atoms with E-state index < -0.39 is 0 Å². The van der Waals surface area contributed by atoms with Gasteiger partial charge in [-0.05, 0) is 135 Å². The normalized spacial score (nSPS) is 11.6. The Morgan fingerprint density at radius 2 is 0.500 bits per heavy atom. The molecule has 0 radical (unpaired) electrons. The van der Waals surface area contributed by atoms with E-state index in [0.717, 1.165) is 0 Å². The van der Waals surface area contributed by atoms with Gasteiger partial charge in [-0.2, -0.15) is 0 Å². The fraction of sp³-hybridized carbons (Fsp3) is 0.375. The second kappa shape index (κ2) is 22.6. The van der Waals surface area contributed by atoms with Crippen LogP contribution in [-0.2, 0) is 0 Å². The summed E-state index contributed by atoms with van der Waals surface area (Å²) in [7, 11) is 0. The third-order valence-corrected chi connectivity index (χ3v) is 12.9. The second-order valence-electron chi connectivity index (χ2n) is 20.6. The summed E-state index contributed by atoms with van der Waals surface area (Å²) in [6.07, 6.45) is 0. The van der Waals surface area contributed by atoms with Crippen molar-refractivity contribution in [2.45, 2.75) is 158 Å². The Hall–Kier alpha value is -5.20. The number of fused-ring (bicyclic) bond motifs is 4. The van der Waals surface area contributed by atoms with Gasteiger partial charge >= 0.3 is 0 Å². The Bertz CT molecular complexity index is 2550. The minimum atomic E-state index is 0.587. The molecule has 8 aromatic carbocycles. The summed E-state index contributed by atoms with van der Waals surface area (Å²) in [5, 5.41) is 11.1. The fourth-order valence-corrected chi connectivity index (χ4v) is 8.73. The molecule has 8 aromatic rings. The third-order valence-electron chi connectivity index (χ3n) is 12.9. The predicted molar refractivity (Wildman–Crippen MR) is 289 cm³/mol. The molecule has 0 aromatic heterocycles. The van der Waals surface area contributed by atoms with Crippen LogP contribution in [0.15, 0.2) is 146 Å². The molecule has 0 bridgehead atoms. The minimum Gasteiger partial charge on any atom is -0.0613 e. The first-order chi connectivity index (χ1) is 30.4. The molecule has 8 rings (SSSR count). The van der Waals surface area contributed by atoms with Crippen LogP contribution in [0.1, 0.15) is 203 Å². The summed E-state index contributed by atoms with van der Waals surface area (Å²) in [5.41, 5.74) is 11.6. The molecule has 0 aliphatic carbocycles. The highest BCUT2D eigenvalue weighted by molar-refractivity contribution is 5.91. The topological polar surface area (TPSA) is 0 Å². The number of hydrogen-bond donors (Lipinski definition) is 0. The van der Waals surface area contributed by atoms with Crippen LogP contribution >= 0.6 is 0 Å². The molecule has 0 nitrogen and oxygen atoms in total. The Kier molecular flexibility index (Phi) is 17.6. The molecule has 0 N–H and O–H groups in total.